The third-order valence-electron chi connectivity index (χ3n) is 4.41. The average Bonchev–Trinajstić information content (AvgIpc) is 2.93. The summed E-state index contributed by atoms with van der Waals surface area (Å²) in [5, 5.41) is 2.97. The third-order valence-corrected chi connectivity index (χ3v) is 4.41. The Morgan fingerprint density at radius 1 is 1.38 bits per heavy atom. The van der Waals surface area contributed by atoms with Gasteiger partial charge in [-0.05, 0) is 44.4 Å². The van der Waals surface area contributed by atoms with Crippen LogP contribution >= 0.6 is 12.4 Å². The van der Waals surface area contributed by atoms with Crippen LogP contribution in [-0.2, 0) is 9.59 Å². The zero-order valence-electron chi connectivity index (χ0n) is 14.7. The van der Waals surface area contributed by atoms with Crippen LogP contribution in [0.3, 0.4) is 0 Å². The molecule has 1 aromatic rings. The van der Waals surface area contributed by atoms with Crippen molar-refractivity contribution in [3.8, 4) is 0 Å². The van der Waals surface area contributed by atoms with Gasteiger partial charge in [0.15, 0.2) is 0 Å². The highest BCUT2D eigenvalue weighted by molar-refractivity contribution is 5.95. The van der Waals surface area contributed by atoms with Crippen molar-refractivity contribution < 1.29 is 9.59 Å². The molecule has 1 aliphatic heterocycles. The lowest BCUT2D eigenvalue weighted by Crippen LogP contribution is -2.52. The second-order valence-electron chi connectivity index (χ2n) is 6.60. The normalized spacial score (nSPS) is 17.8. The van der Waals surface area contributed by atoms with E-state index in [1.807, 2.05) is 43.0 Å². The first kappa shape index (κ1) is 20.5. The van der Waals surface area contributed by atoms with E-state index in [2.05, 4.69) is 5.32 Å². The summed E-state index contributed by atoms with van der Waals surface area (Å²) in [4.78, 5) is 25.8. The number of benzene rings is 1. The molecule has 0 bridgehead atoms. The van der Waals surface area contributed by atoms with E-state index < -0.39 is 5.54 Å². The van der Waals surface area contributed by atoms with Gasteiger partial charge in [-0.15, -0.1) is 12.4 Å². The van der Waals surface area contributed by atoms with Gasteiger partial charge in [0.2, 0.25) is 11.8 Å². The molecule has 0 spiro atoms. The van der Waals surface area contributed by atoms with Crippen molar-refractivity contribution in [2.75, 3.05) is 11.4 Å². The zero-order valence-corrected chi connectivity index (χ0v) is 15.5. The molecular weight excluding hydrogens is 326 g/mol. The van der Waals surface area contributed by atoms with Crippen molar-refractivity contribution in [1.82, 2.24) is 5.32 Å². The van der Waals surface area contributed by atoms with Crippen LogP contribution in [0, 0.1) is 0 Å². The Labute approximate surface area is 150 Å². The molecule has 134 valence electrons. The second kappa shape index (κ2) is 8.49. The van der Waals surface area contributed by atoms with Crippen LogP contribution < -0.4 is 16.0 Å². The smallest absolute Gasteiger partial charge is 0.240 e. The van der Waals surface area contributed by atoms with Gasteiger partial charge in [-0.3, -0.25) is 9.59 Å². The minimum absolute atomic E-state index is 0. The summed E-state index contributed by atoms with van der Waals surface area (Å²) in [7, 11) is 0. The van der Waals surface area contributed by atoms with Gasteiger partial charge in [0.25, 0.3) is 0 Å². The number of hydrogen-bond acceptors (Lipinski definition) is 3. The second-order valence-corrected chi connectivity index (χ2v) is 6.60. The average molecular weight is 354 g/mol. The maximum Gasteiger partial charge on any atom is 0.240 e. The maximum atomic E-state index is 12.3. The molecule has 1 fully saturated rings. The molecule has 1 aromatic carbocycles. The quantitative estimate of drug-likeness (QED) is 0.825. The summed E-state index contributed by atoms with van der Waals surface area (Å²) in [5.74, 6) is 0.0446. The zero-order chi connectivity index (χ0) is 17.0. The summed E-state index contributed by atoms with van der Waals surface area (Å²) >= 11 is 0. The van der Waals surface area contributed by atoms with Gasteiger partial charge >= 0.3 is 0 Å². The number of anilines is 1. The van der Waals surface area contributed by atoms with Gasteiger partial charge in [0, 0.05) is 18.7 Å². The van der Waals surface area contributed by atoms with Crippen molar-refractivity contribution in [2.24, 2.45) is 5.73 Å². The summed E-state index contributed by atoms with van der Waals surface area (Å²) in [5.41, 5.74) is 7.14. The Hall–Kier alpha value is -1.59. The molecule has 1 aliphatic rings. The first-order chi connectivity index (χ1) is 10.8. The molecule has 2 atom stereocenters. The van der Waals surface area contributed by atoms with Gasteiger partial charge in [-0.2, -0.15) is 0 Å². The van der Waals surface area contributed by atoms with Crippen molar-refractivity contribution in [3.63, 3.8) is 0 Å². The molecule has 1 saturated heterocycles. The van der Waals surface area contributed by atoms with Crippen LogP contribution in [0.1, 0.15) is 58.1 Å². The fourth-order valence-corrected chi connectivity index (χ4v) is 2.94. The van der Waals surface area contributed by atoms with E-state index >= 15 is 0 Å². The highest BCUT2D eigenvalue weighted by Gasteiger charge is 2.28. The Morgan fingerprint density at radius 2 is 2.00 bits per heavy atom. The van der Waals surface area contributed by atoms with Crippen LogP contribution in [0.2, 0.25) is 0 Å². The Balaban J connectivity index is 0.00000288. The Kier molecular flexibility index (Phi) is 7.24. The maximum absolute atomic E-state index is 12.3. The van der Waals surface area contributed by atoms with Crippen LogP contribution in [0.15, 0.2) is 24.3 Å². The Morgan fingerprint density at radius 3 is 2.50 bits per heavy atom. The molecule has 6 heteroatoms. The van der Waals surface area contributed by atoms with Crippen molar-refractivity contribution in [2.45, 2.75) is 58.0 Å². The molecule has 3 N–H and O–H groups in total. The highest BCUT2D eigenvalue weighted by atomic mass is 35.5. The van der Waals surface area contributed by atoms with E-state index in [4.69, 9.17) is 5.73 Å². The molecule has 1 heterocycles. The van der Waals surface area contributed by atoms with E-state index in [9.17, 15) is 9.59 Å². The number of nitrogens with zero attached hydrogens (tertiary/aromatic N) is 1. The highest BCUT2D eigenvalue weighted by Crippen LogP contribution is 2.24. The van der Waals surface area contributed by atoms with Crippen LogP contribution in [0.4, 0.5) is 5.69 Å². The number of halogens is 1. The van der Waals surface area contributed by atoms with E-state index in [-0.39, 0.29) is 30.3 Å². The number of amides is 2. The molecule has 2 rings (SSSR count). The fraction of sp³-hybridized carbons (Fsp3) is 0.556. The van der Waals surface area contributed by atoms with Crippen molar-refractivity contribution in [1.29, 1.82) is 0 Å². The SMILES string of the molecule is CCCC(C)(N)C(=O)NC(C)c1ccc(N2CCCC2=O)cc1.Cl. The summed E-state index contributed by atoms with van der Waals surface area (Å²) in [6.45, 7) is 6.50. The van der Waals surface area contributed by atoms with E-state index in [0.29, 0.717) is 12.8 Å². The number of nitrogens with two attached hydrogens (primary N) is 1. The lowest BCUT2D eigenvalue weighted by Gasteiger charge is -2.26. The lowest BCUT2D eigenvalue weighted by atomic mass is 9.95. The standard InChI is InChI=1S/C18H27N3O2.ClH/c1-4-11-18(3,19)17(23)20-13(2)14-7-9-15(10-8-14)21-12-5-6-16(21)22;/h7-10,13H,4-6,11-12,19H2,1-3H3,(H,20,23);1H. The van der Waals surface area contributed by atoms with E-state index in [0.717, 1.165) is 30.6 Å². The molecule has 0 radical (unpaired) electrons. The molecule has 0 aliphatic carbocycles. The third kappa shape index (κ3) is 4.71. The molecular formula is C18H28ClN3O2. The summed E-state index contributed by atoms with van der Waals surface area (Å²) in [6.07, 6.45) is 3.06. The number of nitrogens with one attached hydrogen (secondary N) is 1. The predicted octanol–water partition coefficient (Wildman–Crippen LogP) is 2.93. The summed E-state index contributed by atoms with van der Waals surface area (Å²) in [6, 6.07) is 7.67. The van der Waals surface area contributed by atoms with E-state index in [1.165, 1.54) is 0 Å². The first-order valence-electron chi connectivity index (χ1n) is 8.35. The topological polar surface area (TPSA) is 75.4 Å². The number of carbonyl (C=O) groups is 2. The minimum Gasteiger partial charge on any atom is -0.348 e. The number of hydrogen-bond donors (Lipinski definition) is 2. The number of rotatable bonds is 6. The van der Waals surface area contributed by atoms with Crippen LogP contribution in [0.5, 0.6) is 0 Å². The molecule has 2 unspecified atom stereocenters. The molecule has 5 nitrogen and oxygen atoms in total. The number of carbonyl (C=O) groups excluding carboxylic acids is 2. The summed E-state index contributed by atoms with van der Waals surface area (Å²) < 4.78 is 0. The van der Waals surface area contributed by atoms with Gasteiger partial charge in [0.1, 0.15) is 0 Å². The van der Waals surface area contributed by atoms with Gasteiger partial charge in [0.05, 0.1) is 11.6 Å². The van der Waals surface area contributed by atoms with Gasteiger partial charge in [-0.1, -0.05) is 25.5 Å². The monoisotopic (exact) mass is 353 g/mol. The lowest BCUT2D eigenvalue weighted by molar-refractivity contribution is -0.126. The van der Waals surface area contributed by atoms with Crippen LogP contribution in [0.25, 0.3) is 0 Å². The molecule has 0 aromatic heterocycles. The largest absolute Gasteiger partial charge is 0.348 e. The molecule has 24 heavy (non-hydrogen) atoms. The first-order valence-corrected chi connectivity index (χ1v) is 8.35. The van der Waals surface area contributed by atoms with Crippen LogP contribution in [-0.4, -0.2) is 23.9 Å². The van der Waals surface area contributed by atoms with Gasteiger partial charge in [-0.25, -0.2) is 0 Å². The van der Waals surface area contributed by atoms with Crippen molar-refractivity contribution >= 4 is 29.9 Å². The molecule has 2 amide bonds. The van der Waals surface area contributed by atoms with E-state index in [1.54, 1.807) is 6.92 Å². The fourth-order valence-electron chi connectivity index (χ4n) is 2.94. The Bertz CT molecular complexity index is 572. The molecule has 0 saturated carbocycles. The minimum atomic E-state index is -0.842. The van der Waals surface area contributed by atoms with Gasteiger partial charge < -0.3 is 16.0 Å². The predicted molar refractivity (Wildman–Crippen MR) is 99.3 cm³/mol. The van der Waals surface area contributed by atoms with Crippen molar-refractivity contribution in [3.05, 3.63) is 29.8 Å².